The fourth-order valence-corrected chi connectivity index (χ4v) is 2.20. The summed E-state index contributed by atoms with van der Waals surface area (Å²) in [5.41, 5.74) is 2.50. The summed E-state index contributed by atoms with van der Waals surface area (Å²) in [6, 6.07) is 5.57. The zero-order valence-electron chi connectivity index (χ0n) is 12.1. The molecular formula is C15H18N4O2. The molecule has 0 amide bonds. The SMILES string of the molecule is CCc1nnc(NCc2ccccn2)c(C(=O)O)c1CC. The van der Waals surface area contributed by atoms with Crippen LogP contribution in [0.4, 0.5) is 5.82 Å². The first-order chi connectivity index (χ1) is 10.2. The molecule has 2 aromatic rings. The average molecular weight is 286 g/mol. The minimum atomic E-state index is -0.986. The molecule has 2 aromatic heterocycles. The molecule has 110 valence electrons. The molecule has 0 unspecified atom stereocenters. The molecule has 0 aliphatic rings. The van der Waals surface area contributed by atoms with E-state index in [-0.39, 0.29) is 5.56 Å². The molecule has 0 atom stereocenters. The second-order valence-corrected chi connectivity index (χ2v) is 4.54. The van der Waals surface area contributed by atoms with Crippen LogP contribution in [0, 0.1) is 0 Å². The lowest BCUT2D eigenvalue weighted by atomic mass is 10.0. The Labute approximate surface area is 123 Å². The Bertz CT molecular complexity index is 629. The highest BCUT2D eigenvalue weighted by molar-refractivity contribution is 5.95. The molecule has 0 saturated heterocycles. The number of nitrogens with one attached hydrogen (secondary N) is 1. The number of rotatable bonds is 6. The highest BCUT2D eigenvalue weighted by atomic mass is 16.4. The number of hydrogen-bond acceptors (Lipinski definition) is 5. The molecule has 0 aliphatic heterocycles. The van der Waals surface area contributed by atoms with Gasteiger partial charge in [0.2, 0.25) is 0 Å². The van der Waals surface area contributed by atoms with E-state index in [2.05, 4.69) is 20.5 Å². The molecule has 2 heterocycles. The van der Waals surface area contributed by atoms with Gasteiger partial charge in [0.05, 0.1) is 17.9 Å². The molecule has 2 N–H and O–H groups in total. The van der Waals surface area contributed by atoms with E-state index in [9.17, 15) is 9.90 Å². The summed E-state index contributed by atoms with van der Waals surface area (Å²) in [6.07, 6.45) is 2.97. The Morgan fingerprint density at radius 1 is 1.24 bits per heavy atom. The third kappa shape index (κ3) is 3.34. The number of aryl methyl sites for hydroxylation is 1. The molecule has 0 radical (unpaired) electrons. The number of hydrogen-bond donors (Lipinski definition) is 2. The second kappa shape index (κ2) is 6.78. The molecule has 0 aromatic carbocycles. The van der Waals surface area contributed by atoms with Gasteiger partial charge in [-0.15, -0.1) is 5.10 Å². The zero-order chi connectivity index (χ0) is 15.2. The van der Waals surface area contributed by atoms with Crippen molar-refractivity contribution >= 4 is 11.8 Å². The number of aromatic carboxylic acids is 1. The van der Waals surface area contributed by atoms with Gasteiger partial charge in [-0.2, -0.15) is 5.10 Å². The molecule has 2 rings (SSSR count). The van der Waals surface area contributed by atoms with Crippen LogP contribution in [0.1, 0.15) is 41.2 Å². The predicted octanol–water partition coefficient (Wildman–Crippen LogP) is 2.31. The quantitative estimate of drug-likeness (QED) is 0.847. The van der Waals surface area contributed by atoms with Gasteiger partial charge in [0, 0.05) is 6.20 Å². The van der Waals surface area contributed by atoms with Crippen LogP contribution in [0.15, 0.2) is 24.4 Å². The third-order valence-corrected chi connectivity index (χ3v) is 3.22. The van der Waals surface area contributed by atoms with Crippen molar-refractivity contribution in [3.63, 3.8) is 0 Å². The smallest absolute Gasteiger partial charge is 0.339 e. The highest BCUT2D eigenvalue weighted by Gasteiger charge is 2.20. The van der Waals surface area contributed by atoms with Gasteiger partial charge in [0.15, 0.2) is 5.82 Å². The van der Waals surface area contributed by atoms with E-state index in [0.717, 1.165) is 17.0 Å². The Morgan fingerprint density at radius 3 is 2.62 bits per heavy atom. The van der Waals surface area contributed by atoms with E-state index in [4.69, 9.17) is 0 Å². The van der Waals surface area contributed by atoms with E-state index in [0.29, 0.717) is 25.2 Å². The molecule has 0 fully saturated rings. The van der Waals surface area contributed by atoms with Crippen molar-refractivity contribution in [1.29, 1.82) is 0 Å². The molecule has 0 aliphatic carbocycles. The van der Waals surface area contributed by atoms with Gasteiger partial charge in [-0.1, -0.05) is 19.9 Å². The summed E-state index contributed by atoms with van der Waals surface area (Å²) in [5, 5.41) is 20.6. The summed E-state index contributed by atoms with van der Waals surface area (Å²) in [7, 11) is 0. The minimum Gasteiger partial charge on any atom is -0.478 e. The number of nitrogens with zero attached hydrogens (tertiary/aromatic N) is 3. The first kappa shape index (κ1) is 14.9. The largest absolute Gasteiger partial charge is 0.478 e. The summed E-state index contributed by atoms with van der Waals surface area (Å²) < 4.78 is 0. The summed E-state index contributed by atoms with van der Waals surface area (Å²) in [4.78, 5) is 15.7. The zero-order valence-corrected chi connectivity index (χ0v) is 12.1. The molecule has 0 saturated carbocycles. The van der Waals surface area contributed by atoms with Crippen LogP contribution in [0.2, 0.25) is 0 Å². The molecule has 6 heteroatoms. The second-order valence-electron chi connectivity index (χ2n) is 4.54. The van der Waals surface area contributed by atoms with E-state index in [1.54, 1.807) is 6.20 Å². The summed E-state index contributed by atoms with van der Waals surface area (Å²) in [6.45, 7) is 4.27. The molecule has 0 spiro atoms. The van der Waals surface area contributed by atoms with Crippen LogP contribution in [0.25, 0.3) is 0 Å². The maximum atomic E-state index is 11.6. The number of carboxylic acid groups (broad SMARTS) is 1. The van der Waals surface area contributed by atoms with Crippen molar-refractivity contribution in [3.8, 4) is 0 Å². The fraction of sp³-hybridized carbons (Fsp3) is 0.333. The average Bonchev–Trinajstić information content (AvgIpc) is 2.52. The number of carboxylic acids is 1. The van der Waals surface area contributed by atoms with Crippen LogP contribution >= 0.6 is 0 Å². The van der Waals surface area contributed by atoms with Crippen molar-refractivity contribution in [1.82, 2.24) is 15.2 Å². The monoisotopic (exact) mass is 286 g/mol. The van der Waals surface area contributed by atoms with E-state index >= 15 is 0 Å². The Hall–Kier alpha value is -2.50. The van der Waals surface area contributed by atoms with Crippen LogP contribution in [0.3, 0.4) is 0 Å². The first-order valence-electron chi connectivity index (χ1n) is 6.92. The van der Waals surface area contributed by atoms with Gasteiger partial charge in [0.1, 0.15) is 5.56 Å². The number of pyridine rings is 1. The Balaban J connectivity index is 2.32. The van der Waals surface area contributed by atoms with E-state index < -0.39 is 5.97 Å². The van der Waals surface area contributed by atoms with Crippen molar-refractivity contribution < 1.29 is 9.90 Å². The molecule has 0 bridgehead atoms. The van der Waals surface area contributed by atoms with Gasteiger partial charge in [-0.3, -0.25) is 4.98 Å². The van der Waals surface area contributed by atoms with Crippen LogP contribution < -0.4 is 5.32 Å². The van der Waals surface area contributed by atoms with Gasteiger partial charge in [0.25, 0.3) is 0 Å². The first-order valence-corrected chi connectivity index (χ1v) is 6.92. The molecular weight excluding hydrogens is 268 g/mol. The Morgan fingerprint density at radius 2 is 2.05 bits per heavy atom. The number of anilines is 1. The van der Waals surface area contributed by atoms with Crippen molar-refractivity contribution in [2.24, 2.45) is 0 Å². The van der Waals surface area contributed by atoms with Gasteiger partial charge in [-0.05, 0) is 30.5 Å². The lowest BCUT2D eigenvalue weighted by molar-refractivity contribution is 0.0696. The van der Waals surface area contributed by atoms with E-state index in [1.165, 1.54) is 0 Å². The van der Waals surface area contributed by atoms with Gasteiger partial charge in [-0.25, -0.2) is 4.79 Å². The van der Waals surface area contributed by atoms with Gasteiger partial charge >= 0.3 is 5.97 Å². The lowest BCUT2D eigenvalue weighted by Crippen LogP contribution is -2.15. The van der Waals surface area contributed by atoms with E-state index in [1.807, 2.05) is 32.0 Å². The Kier molecular flexibility index (Phi) is 4.81. The van der Waals surface area contributed by atoms with Crippen LogP contribution in [-0.2, 0) is 19.4 Å². The molecule has 21 heavy (non-hydrogen) atoms. The van der Waals surface area contributed by atoms with Gasteiger partial charge < -0.3 is 10.4 Å². The highest BCUT2D eigenvalue weighted by Crippen LogP contribution is 2.21. The number of aromatic nitrogens is 3. The standard InChI is InChI=1S/C15H18N4O2/c1-3-11-12(4-2)18-19-14(13(11)15(20)21)17-9-10-7-5-6-8-16-10/h5-8H,3-4,9H2,1-2H3,(H,17,19)(H,20,21). The molecule has 6 nitrogen and oxygen atoms in total. The predicted molar refractivity (Wildman–Crippen MR) is 79.3 cm³/mol. The topological polar surface area (TPSA) is 88.0 Å². The maximum Gasteiger partial charge on any atom is 0.339 e. The van der Waals surface area contributed by atoms with Crippen molar-refractivity contribution in [2.75, 3.05) is 5.32 Å². The number of carbonyl (C=O) groups is 1. The summed E-state index contributed by atoms with van der Waals surface area (Å²) in [5.74, 6) is -0.692. The lowest BCUT2D eigenvalue weighted by Gasteiger charge is -2.13. The normalized spacial score (nSPS) is 10.4. The minimum absolute atomic E-state index is 0.209. The summed E-state index contributed by atoms with van der Waals surface area (Å²) >= 11 is 0. The fourth-order valence-electron chi connectivity index (χ4n) is 2.20. The van der Waals surface area contributed by atoms with Crippen molar-refractivity contribution in [2.45, 2.75) is 33.2 Å². The van der Waals surface area contributed by atoms with Crippen LogP contribution in [-0.4, -0.2) is 26.3 Å². The van der Waals surface area contributed by atoms with Crippen molar-refractivity contribution in [3.05, 3.63) is 46.9 Å². The third-order valence-electron chi connectivity index (χ3n) is 3.22. The maximum absolute atomic E-state index is 11.6. The van der Waals surface area contributed by atoms with Crippen LogP contribution in [0.5, 0.6) is 0 Å².